The van der Waals surface area contributed by atoms with Crippen molar-refractivity contribution in [3.63, 3.8) is 0 Å². The average Bonchev–Trinajstić information content (AvgIpc) is 2.43. The molecule has 1 fully saturated rings. The van der Waals surface area contributed by atoms with Gasteiger partial charge in [-0.3, -0.25) is 0 Å². The number of rotatable bonds is 0. The van der Waals surface area contributed by atoms with E-state index in [9.17, 15) is 5.26 Å². The molecule has 1 heteroatoms. The number of hydrogen-bond donors (Lipinski definition) is 0. The quantitative estimate of drug-likeness (QED) is 0.483. The second-order valence-corrected chi connectivity index (χ2v) is 8.41. The minimum Gasteiger partial charge on any atom is -0.198 e. The largest absolute Gasteiger partial charge is 0.198 e. The first-order valence-corrected chi connectivity index (χ1v) is 9.07. The summed E-state index contributed by atoms with van der Waals surface area (Å²) in [6.07, 6.45) is 11.9. The fraction of sp³-hybridized carbons (Fsp3) is 0.762. The van der Waals surface area contributed by atoms with E-state index in [1.54, 1.807) is 0 Å². The lowest BCUT2D eigenvalue weighted by molar-refractivity contribution is -0.00418. The number of nitriles is 1. The molecular weight excluding hydrogens is 266 g/mol. The van der Waals surface area contributed by atoms with Gasteiger partial charge in [0.1, 0.15) is 0 Å². The third kappa shape index (κ3) is 3.65. The Morgan fingerprint density at radius 2 is 1.86 bits per heavy atom. The molecule has 0 radical (unpaired) electrons. The lowest BCUT2D eigenvalue weighted by Gasteiger charge is -2.50. The van der Waals surface area contributed by atoms with Crippen molar-refractivity contribution >= 4 is 0 Å². The predicted octanol–water partition coefficient (Wildman–Crippen LogP) is 6.28. The molecule has 2 unspecified atom stereocenters. The summed E-state index contributed by atoms with van der Waals surface area (Å²) >= 11 is 0. The molecule has 0 heterocycles. The van der Waals surface area contributed by atoms with Gasteiger partial charge in [0.2, 0.25) is 0 Å². The Hall–Kier alpha value is -1.03. The zero-order valence-corrected chi connectivity index (χ0v) is 15.2. The normalized spacial score (nSPS) is 40.9. The molecular formula is C21H33N. The van der Waals surface area contributed by atoms with Crippen molar-refractivity contribution in [2.45, 2.75) is 73.1 Å². The third-order valence-corrected chi connectivity index (χ3v) is 6.42. The molecule has 0 aromatic rings. The summed E-state index contributed by atoms with van der Waals surface area (Å²) in [6, 6.07) is 2.68. The minimum atomic E-state index is 0.175. The number of nitrogens with zero attached hydrogens (tertiary/aromatic N) is 1. The van der Waals surface area contributed by atoms with Crippen LogP contribution in [0.15, 0.2) is 23.3 Å². The van der Waals surface area contributed by atoms with Crippen LogP contribution in [0.2, 0.25) is 0 Å². The molecule has 4 atom stereocenters. The Morgan fingerprint density at radius 3 is 2.55 bits per heavy atom. The van der Waals surface area contributed by atoms with Gasteiger partial charge >= 0.3 is 0 Å². The summed E-state index contributed by atoms with van der Waals surface area (Å²) < 4.78 is 0. The van der Waals surface area contributed by atoms with Crippen LogP contribution >= 0.6 is 0 Å². The third-order valence-electron chi connectivity index (χ3n) is 6.42. The van der Waals surface area contributed by atoms with Gasteiger partial charge in [-0.2, -0.15) is 5.26 Å². The molecule has 0 saturated heterocycles. The molecule has 1 nitrogen and oxygen atoms in total. The standard InChI is InChI=1S/C21H33N/c1-15-7-6-8-16(2)13-18(14-22)20-17(3)10-12-19(11-9-15)21(20,4)5/h8-9,17-20H,6-7,10-13H2,1-5H3/b15-9+,16-8+/t17?,18-,19+,20?/m1/s1. The van der Waals surface area contributed by atoms with Crippen LogP contribution in [0.5, 0.6) is 0 Å². The predicted molar refractivity (Wildman–Crippen MR) is 94.2 cm³/mol. The van der Waals surface area contributed by atoms with Crippen LogP contribution in [0, 0.1) is 40.4 Å². The zero-order valence-electron chi connectivity index (χ0n) is 15.2. The Labute approximate surface area is 137 Å². The minimum absolute atomic E-state index is 0.175. The molecule has 122 valence electrons. The van der Waals surface area contributed by atoms with Gasteiger partial charge in [0.25, 0.3) is 0 Å². The molecule has 1 saturated carbocycles. The van der Waals surface area contributed by atoms with E-state index in [0.29, 0.717) is 11.8 Å². The molecule has 0 aromatic heterocycles. The second-order valence-electron chi connectivity index (χ2n) is 8.41. The van der Waals surface area contributed by atoms with E-state index in [2.05, 4.69) is 52.8 Å². The Bertz CT molecular complexity index is 489. The molecule has 2 aliphatic rings. The molecule has 0 spiro atoms. The topological polar surface area (TPSA) is 23.8 Å². The van der Waals surface area contributed by atoms with Crippen LogP contribution in [-0.4, -0.2) is 0 Å². The second kappa shape index (κ2) is 7.03. The lowest BCUT2D eigenvalue weighted by atomic mass is 9.54. The van der Waals surface area contributed by atoms with Crippen molar-refractivity contribution in [3.8, 4) is 6.07 Å². The molecule has 0 amide bonds. The summed E-state index contributed by atoms with van der Waals surface area (Å²) in [7, 11) is 0. The SMILES string of the molecule is C/C1=C\C[C@H]2CCC(C)C([C@@H](C#N)C/C(C)=C/CC1)C2(C)C. The molecule has 2 rings (SSSR count). The highest BCUT2D eigenvalue weighted by atomic mass is 14.5. The van der Waals surface area contributed by atoms with E-state index in [1.807, 2.05) is 0 Å². The van der Waals surface area contributed by atoms with Crippen LogP contribution in [-0.2, 0) is 0 Å². The van der Waals surface area contributed by atoms with E-state index in [4.69, 9.17) is 0 Å². The van der Waals surface area contributed by atoms with E-state index < -0.39 is 0 Å². The Balaban J connectivity index is 2.39. The van der Waals surface area contributed by atoms with E-state index >= 15 is 0 Å². The summed E-state index contributed by atoms with van der Waals surface area (Å²) in [5, 5.41) is 9.83. The first-order chi connectivity index (χ1) is 10.4. The summed E-state index contributed by atoms with van der Waals surface area (Å²) in [5.41, 5.74) is 3.20. The van der Waals surface area contributed by atoms with Crippen molar-refractivity contribution in [1.82, 2.24) is 0 Å². The average molecular weight is 300 g/mol. The smallest absolute Gasteiger partial charge is 0.0662 e. The van der Waals surface area contributed by atoms with Crippen LogP contribution < -0.4 is 0 Å². The van der Waals surface area contributed by atoms with Crippen molar-refractivity contribution in [1.29, 1.82) is 5.26 Å². The Kier molecular flexibility index (Phi) is 5.54. The van der Waals surface area contributed by atoms with Crippen molar-refractivity contribution in [2.75, 3.05) is 0 Å². The van der Waals surface area contributed by atoms with Crippen LogP contribution in [0.4, 0.5) is 0 Å². The zero-order chi connectivity index (χ0) is 16.3. The summed E-state index contributed by atoms with van der Waals surface area (Å²) in [5.74, 6) is 2.08. The van der Waals surface area contributed by atoms with Crippen LogP contribution in [0.3, 0.4) is 0 Å². The maximum Gasteiger partial charge on any atom is 0.0662 e. The van der Waals surface area contributed by atoms with Crippen molar-refractivity contribution < 1.29 is 0 Å². The van der Waals surface area contributed by atoms with E-state index in [1.165, 1.54) is 36.8 Å². The van der Waals surface area contributed by atoms with Gasteiger partial charge in [0.05, 0.1) is 12.0 Å². The number of fused-ring (bicyclic) bond motifs is 2. The van der Waals surface area contributed by atoms with Crippen LogP contribution in [0.25, 0.3) is 0 Å². The molecule has 2 aliphatic carbocycles. The lowest BCUT2D eigenvalue weighted by Crippen LogP contribution is -2.44. The van der Waals surface area contributed by atoms with Gasteiger partial charge in [0.15, 0.2) is 0 Å². The molecule has 0 aliphatic heterocycles. The monoisotopic (exact) mass is 299 g/mol. The number of allylic oxidation sites excluding steroid dienone is 4. The summed E-state index contributed by atoms with van der Waals surface area (Å²) in [4.78, 5) is 0. The van der Waals surface area contributed by atoms with Crippen LogP contribution in [0.1, 0.15) is 73.1 Å². The van der Waals surface area contributed by atoms with Gasteiger partial charge in [0, 0.05) is 0 Å². The van der Waals surface area contributed by atoms with Gasteiger partial charge in [-0.25, -0.2) is 0 Å². The molecule has 0 aromatic carbocycles. The fourth-order valence-electron chi connectivity index (χ4n) is 5.03. The van der Waals surface area contributed by atoms with Crippen molar-refractivity contribution in [2.24, 2.45) is 29.1 Å². The van der Waals surface area contributed by atoms with E-state index in [-0.39, 0.29) is 11.3 Å². The van der Waals surface area contributed by atoms with E-state index in [0.717, 1.165) is 18.8 Å². The maximum atomic E-state index is 9.83. The molecule has 22 heavy (non-hydrogen) atoms. The Morgan fingerprint density at radius 1 is 1.14 bits per heavy atom. The first-order valence-electron chi connectivity index (χ1n) is 9.07. The highest BCUT2D eigenvalue weighted by molar-refractivity contribution is 5.11. The molecule has 2 bridgehead atoms. The maximum absolute atomic E-state index is 9.83. The first kappa shape index (κ1) is 17.3. The number of hydrogen-bond acceptors (Lipinski definition) is 1. The summed E-state index contributed by atoms with van der Waals surface area (Å²) in [6.45, 7) is 11.7. The van der Waals surface area contributed by atoms with Gasteiger partial charge in [-0.1, -0.05) is 50.5 Å². The molecule has 0 N–H and O–H groups in total. The van der Waals surface area contributed by atoms with Gasteiger partial charge < -0.3 is 0 Å². The van der Waals surface area contributed by atoms with Gasteiger partial charge in [-0.05, 0) is 69.1 Å². The highest BCUT2D eigenvalue weighted by Gasteiger charge is 2.46. The fourth-order valence-corrected chi connectivity index (χ4v) is 5.03. The van der Waals surface area contributed by atoms with Gasteiger partial charge in [-0.15, -0.1) is 0 Å². The van der Waals surface area contributed by atoms with Crippen molar-refractivity contribution in [3.05, 3.63) is 23.3 Å². The highest BCUT2D eigenvalue weighted by Crippen LogP contribution is 2.53.